The molecule has 0 saturated heterocycles. The lowest BCUT2D eigenvalue weighted by atomic mass is 9.97. The summed E-state index contributed by atoms with van der Waals surface area (Å²) in [6, 6.07) is 7.59. The summed E-state index contributed by atoms with van der Waals surface area (Å²) in [5.74, 6) is 0.930. The topological polar surface area (TPSA) is 29.1 Å². The highest BCUT2D eigenvalue weighted by Gasteiger charge is 2.16. The molecule has 0 aliphatic rings. The first-order valence-electron chi connectivity index (χ1n) is 5.50. The van der Waals surface area contributed by atoms with E-state index in [9.17, 15) is 4.79 Å². The van der Waals surface area contributed by atoms with Crippen LogP contribution in [0.25, 0.3) is 0 Å². The molecule has 0 bridgehead atoms. The van der Waals surface area contributed by atoms with Gasteiger partial charge in [-0.3, -0.25) is 4.79 Å². The van der Waals surface area contributed by atoms with Gasteiger partial charge in [-0.2, -0.15) is 0 Å². The summed E-state index contributed by atoms with van der Waals surface area (Å²) < 4.78 is 0. The van der Waals surface area contributed by atoms with Crippen molar-refractivity contribution in [3.8, 4) is 0 Å². The molecule has 0 heterocycles. The van der Waals surface area contributed by atoms with E-state index in [1.54, 1.807) is 0 Å². The molecule has 2 nitrogen and oxygen atoms in total. The number of nitrogens with one attached hydrogen (secondary N) is 1. The highest BCUT2D eigenvalue weighted by molar-refractivity contribution is 6.17. The molecule has 0 aliphatic heterocycles. The van der Waals surface area contributed by atoms with Crippen LogP contribution in [0.2, 0.25) is 0 Å². The molecule has 1 aromatic carbocycles. The molecule has 0 fully saturated rings. The third kappa shape index (κ3) is 3.53. The number of carbonyl (C=O) groups is 1. The fourth-order valence-corrected chi connectivity index (χ4v) is 1.41. The number of hydrogen-bond acceptors (Lipinski definition) is 1. The molecule has 1 aromatic rings. The van der Waals surface area contributed by atoms with Crippen molar-refractivity contribution < 1.29 is 4.79 Å². The van der Waals surface area contributed by atoms with Crippen LogP contribution in [0.1, 0.15) is 26.3 Å². The zero-order chi connectivity index (χ0) is 12.1. The number of alkyl halides is 1. The van der Waals surface area contributed by atoms with Crippen LogP contribution < -0.4 is 5.32 Å². The van der Waals surface area contributed by atoms with E-state index in [2.05, 4.69) is 5.32 Å². The molecule has 0 radical (unpaired) electrons. The smallest absolute Gasteiger partial charge is 0.227 e. The number of halogens is 1. The predicted octanol–water partition coefficient (Wildman–Crippen LogP) is 3.66. The van der Waals surface area contributed by atoms with Gasteiger partial charge in [-0.05, 0) is 23.6 Å². The normalized spacial score (nSPS) is 12.6. The number of benzene rings is 1. The number of hydrogen-bond donors (Lipinski definition) is 1. The van der Waals surface area contributed by atoms with E-state index in [1.165, 1.54) is 0 Å². The van der Waals surface area contributed by atoms with Gasteiger partial charge in [0.1, 0.15) is 0 Å². The lowest BCUT2D eigenvalue weighted by Crippen LogP contribution is -2.24. The Kier molecular flexibility index (Phi) is 4.81. The van der Waals surface area contributed by atoms with E-state index in [-0.39, 0.29) is 11.8 Å². The second-order valence-corrected chi connectivity index (χ2v) is 4.62. The van der Waals surface area contributed by atoms with Gasteiger partial charge in [-0.15, -0.1) is 11.6 Å². The highest BCUT2D eigenvalue weighted by atomic mass is 35.5. The van der Waals surface area contributed by atoms with E-state index in [0.717, 1.165) is 11.3 Å². The number of carbonyl (C=O) groups excluding carboxylic acids is 1. The number of amides is 1. The van der Waals surface area contributed by atoms with E-state index >= 15 is 0 Å². The number of anilines is 1. The Morgan fingerprint density at radius 3 is 2.25 bits per heavy atom. The lowest BCUT2D eigenvalue weighted by Gasteiger charge is -2.15. The first-order valence-corrected chi connectivity index (χ1v) is 6.03. The Labute approximate surface area is 102 Å². The van der Waals surface area contributed by atoms with Crippen molar-refractivity contribution in [2.45, 2.75) is 26.7 Å². The summed E-state index contributed by atoms with van der Waals surface area (Å²) >= 11 is 5.69. The van der Waals surface area contributed by atoms with Gasteiger partial charge >= 0.3 is 0 Å². The lowest BCUT2D eigenvalue weighted by molar-refractivity contribution is -0.120. The SMILES string of the molecule is CC(C)C(C)C(=O)Nc1ccc(CCl)cc1. The molecule has 3 heteroatoms. The van der Waals surface area contributed by atoms with E-state index in [1.807, 2.05) is 45.0 Å². The van der Waals surface area contributed by atoms with Crippen LogP contribution in [0.5, 0.6) is 0 Å². The van der Waals surface area contributed by atoms with Crippen molar-refractivity contribution >= 4 is 23.2 Å². The summed E-state index contributed by atoms with van der Waals surface area (Å²) in [5, 5.41) is 2.89. The third-order valence-electron chi connectivity index (χ3n) is 2.79. The van der Waals surface area contributed by atoms with E-state index in [4.69, 9.17) is 11.6 Å². The molecule has 16 heavy (non-hydrogen) atoms. The summed E-state index contributed by atoms with van der Waals surface area (Å²) in [4.78, 5) is 11.8. The van der Waals surface area contributed by atoms with Gasteiger partial charge in [0.05, 0.1) is 0 Å². The molecule has 1 rings (SSSR count). The molecule has 88 valence electrons. The number of rotatable bonds is 4. The minimum atomic E-state index is 0.0210. The maximum absolute atomic E-state index is 11.8. The second kappa shape index (κ2) is 5.90. The van der Waals surface area contributed by atoms with Crippen LogP contribution in [-0.2, 0) is 10.7 Å². The summed E-state index contributed by atoms with van der Waals surface area (Å²) in [6.45, 7) is 6.02. The molecule has 1 N–H and O–H groups in total. The molecule has 0 saturated carbocycles. The average Bonchev–Trinajstić information content (AvgIpc) is 2.28. The van der Waals surface area contributed by atoms with Crippen molar-refractivity contribution in [3.63, 3.8) is 0 Å². The Bertz CT molecular complexity index is 345. The van der Waals surface area contributed by atoms with Gasteiger partial charge in [0.2, 0.25) is 5.91 Å². The average molecular weight is 240 g/mol. The maximum atomic E-state index is 11.8. The first-order chi connectivity index (χ1) is 7.54. The van der Waals surface area contributed by atoms with Crippen molar-refractivity contribution in [1.29, 1.82) is 0 Å². The molecule has 1 atom stereocenters. The molecule has 0 aromatic heterocycles. The summed E-state index contributed by atoms with van der Waals surface area (Å²) in [5.41, 5.74) is 1.88. The van der Waals surface area contributed by atoms with Crippen LogP contribution >= 0.6 is 11.6 Å². The van der Waals surface area contributed by atoms with Crippen LogP contribution in [0.4, 0.5) is 5.69 Å². The monoisotopic (exact) mass is 239 g/mol. The summed E-state index contributed by atoms with van der Waals surface area (Å²) in [6.07, 6.45) is 0. The second-order valence-electron chi connectivity index (χ2n) is 4.35. The van der Waals surface area contributed by atoms with Gasteiger partial charge < -0.3 is 5.32 Å². The predicted molar refractivity (Wildman–Crippen MR) is 68.6 cm³/mol. The van der Waals surface area contributed by atoms with Gasteiger partial charge in [0.25, 0.3) is 0 Å². The van der Waals surface area contributed by atoms with Crippen molar-refractivity contribution in [2.75, 3.05) is 5.32 Å². The van der Waals surface area contributed by atoms with Crippen LogP contribution in [0.3, 0.4) is 0 Å². The minimum Gasteiger partial charge on any atom is -0.326 e. The van der Waals surface area contributed by atoms with Crippen molar-refractivity contribution in [1.82, 2.24) is 0 Å². The maximum Gasteiger partial charge on any atom is 0.227 e. The third-order valence-corrected chi connectivity index (χ3v) is 3.10. The fraction of sp³-hybridized carbons (Fsp3) is 0.462. The highest BCUT2D eigenvalue weighted by Crippen LogP contribution is 2.15. The van der Waals surface area contributed by atoms with E-state index in [0.29, 0.717) is 11.8 Å². The molecule has 1 unspecified atom stereocenters. The van der Waals surface area contributed by atoms with E-state index < -0.39 is 0 Å². The van der Waals surface area contributed by atoms with Crippen LogP contribution in [0, 0.1) is 11.8 Å². The summed E-state index contributed by atoms with van der Waals surface area (Å²) in [7, 11) is 0. The minimum absolute atomic E-state index is 0.0210. The van der Waals surface area contributed by atoms with Gasteiger partial charge in [-0.1, -0.05) is 32.9 Å². The van der Waals surface area contributed by atoms with Crippen LogP contribution in [0.15, 0.2) is 24.3 Å². The largest absolute Gasteiger partial charge is 0.326 e. The van der Waals surface area contributed by atoms with Gasteiger partial charge in [0.15, 0.2) is 0 Å². The van der Waals surface area contributed by atoms with Crippen molar-refractivity contribution in [2.24, 2.45) is 11.8 Å². The Balaban J connectivity index is 2.62. The molecule has 0 aliphatic carbocycles. The standard InChI is InChI=1S/C13H18ClNO/c1-9(2)10(3)13(16)15-12-6-4-11(8-14)5-7-12/h4-7,9-10H,8H2,1-3H3,(H,15,16). The van der Waals surface area contributed by atoms with Gasteiger partial charge in [0, 0.05) is 17.5 Å². The fourth-order valence-electron chi connectivity index (χ4n) is 1.24. The molecule has 1 amide bonds. The first kappa shape index (κ1) is 13.0. The molecular weight excluding hydrogens is 222 g/mol. The Morgan fingerprint density at radius 2 is 1.81 bits per heavy atom. The van der Waals surface area contributed by atoms with Gasteiger partial charge in [-0.25, -0.2) is 0 Å². The zero-order valence-electron chi connectivity index (χ0n) is 9.96. The Hall–Kier alpha value is -1.02. The quantitative estimate of drug-likeness (QED) is 0.799. The Morgan fingerprint density at radius 1 is 1.25 bits per heavy atom. The molecular formula is C13H18ClNO. The zero-order valence-corrected chi connectivity index (χ0v) is 10.7. The van der Waals surface area contributed by atoms with Crippen molar-refractivity contribution in [3.05, 3.63) is 29.8 Å². The molecule has 0 spiro atoms. The van der Waals surface area contributed by atoms with Crippen LogP contribution in [-0.4, -0.2) is 5.91 Å².